The Hall–Kier alpha value is -1.63. The molecule has 0 aromatic heterocycles. The molecular formula is C11H15FN2O3S. The zero-order chi connectivity index (χ0) is 13.8. The molecule has 7 heteroatoms. The number of nitrogens with two attached hydrogens (primary N) is 1. The van der Waals surface area contributed by atoms with Gasteiger partial charge >= 0.3 is 0 Å². The summed E-state index contributed by atoms with van der Waals surface area (Å²) in [5, 5.41) is 2.44. The maximum Gasteiger partial charge on any atom is 0.235 e. The fraction of sp³-hybridized carbons (Fsp3) is 0.364. The lowest BCUT2D eigenvalue weighted by atomic mass is 10.3. The molecule has 0 bridgehead atoms. The number of carbonyl (C=O) groups excluding carboxylic acids is 1. The normalized spacial score (nSPS) is 11.2. The van der Waals surface area contributed by atoms with Gasteiger partial charge in [-0.3, -0.25) is 4.79 Å². The molecule has 5 nitrogen and oxygen atoms in total. The van der Waals surface area contributed by atoms with Gasteiger partial charge in [-0.05, 0) is 24.6 Å². The van der Waals surface area contributed by atoms with Crippen molar-refractivity contribution in [1.29, 1.82) is 0 Å². The number of benzene rings is 1. The standard InChI is InChI=1S/C11H15FN2O3S/c1-2-5-14-11(15)7-18(16,17)10-6-8(12)3-4-9(10)13/h3-4,6H,2,5,7,13H2,1H3,(H,14,15). The van der Waals surface area contributed by atoms with Crippen molar-refractivity contribution in [2.75, 3.05) is 18.0 Å². The fourth-order valence-corrected chi connectivity index (χ4v) is 2.67. The van der Waals surface area contributed by atoms with Gasteiger partial charge in [0.1, 0.15) is 11.6 Å². The zero-order valence-electron chi connectivity index (χ0n) is 9.94. The predicted octanol–water partition coefficient (Wildman–Crippen LogP) is 0.708. The summed E-state index contributed by atoms with van der Waals surface area (Å²) >= 11 is 0. The molecule has 1 rings (SSSR count). The number of anilines is 1. The number of rotatable bonds is 5. The van der Waals surface area contributed by atoms with E-state index in [0.717, 1.165) is 18.2 Å². The molecule has 100 valence electrons. The van der Waals surface area contributed by atoms with Crippen molar-refractivity contribution < 1.29 is 17.6 Å². The highest BCUT2D eigenvalue weighted by molar-refractivity contribution is 7.92. The van der Waals surface area contributed by atoms with Crippen LogP contribution in [0.25, 0.3) is 0 Å². The van der Waals surface area contributed by atoms with E-state index < -0.39 is 27.3 Å². The maximum absolute atomic E-state index is 13.0. The van der Waals surface area contributed by atoms with Crippen LogP contribution in [0.4, 0.5) is 10.1 Å². The van der Waals surface area contributed by atoms with E-state index in [-0.39, 0.29) is 10.6 Å². The minimum absolute atomic E-state index is 0.0697. The molecule has 0 fully saturated rings. The van der Waals surface area contributed by atoms with Crippen LogP contribution in [0.1, 0.15) is 13.3 Å². The first-order valence-electron chi connectivity index (χ1n) is 5.41. The first-order chi connectivity index (χ1) is 8.36. The molecule has 0 unspecified atom stereocenters. The highest BCUT2D eigenvalue weighted by Gasteiger charge is 2.22. The Morgan fingerprint density at radius 1 is 1.44 bits per heavy atom. The monoisotopic (exact) mass is 274 g/mol. The topological polar surface area (TPSA) is 89.3 Å². The lowest BCUT2D eigenvalue weighted by molar-refractivity contribution is -0.118. The van der Waals surface area contributed by atoms with E-state index in [4.69, 9.17) is 5.73 Å². The molecule has 0 aliphatic heterocycles. The molecule has 0 radical (unpaired) electrons. The molecule has 0 atom stereocenters. The van der Waals surface area contributed by atoms with Crippen LogP contribution in [-0.4, -0.2) is 26.6 Å². The van der Waals surface area contributed by atoms with Crippen molar-refractivity contribution in [3.63, 3.8) is 0 Å². The number of hydrogen-bond acceptors (Lipinski definition) is 4. The molecule has 18 heavy (non-hydrogen) atoms. The van der Waals surface area contributed by atoms with Crippen LogP contribution in [0.5, 0.6) is 0 Å². The molecule has 0 saturated heterocycles. The molecule has 0 spiro atoms. The van der Waals surface area contributed by atoms with Gasteiger partial charge in [0, 0.05) is 6.54 Å². The number of amides is 1. The second-order valence-electron chi connectivity index (χ2n) is 3.79. The fourth-order valence-electron chi connectivity index (χ4n) is 1.34. The van der Waals surface area contributed by atoms with Crippen LogP contribution in [-0.2, 0) is 14.6 Å². The summed E-state index contributed by atoms with van der Waals surface area (Å²) in [7, 11) is -3.92. The van der Waals surface area contributed by atoms with Gasteiger partial charge in [0.15, 0.2) is 9.84 Å². The Kier molecular flexibility index (Phi) is 4.66. The van der Waals surface area contributed by atoms with Gasteiger partial charge in [-0.1, -0.05) is 6.92 Å². The van der Waals surface area contributed by atoms with E-state index in [2.05, 4.69) is 5.32 Å². The van der Waals surface area contributed by atoms with E-state index in [0.29, 0.717) is 13.0 Å². The second kappa shape index (κ2) is 5.81. The van der Waals surface area contributed by atoms with Crippen LogP contribution >= 0.6 is 0 Å². The van der Waals surface area contributed by atoms with Crippen LogP contribution < -0.4 is 11.1 Å². The third kappa shape index (κ3) is 3.69. The van der Waals surface area contributed by atoms with Crippen molar-refractivity contribution in [3.05, 3.63) is 24.0 Å². The molecule has 0 aliphatic rings. The number of halogens is 1. The Morgan fingerprint density at radius 2 is 2.11 bits per heavy atom. The van der Waals surface area contributed by atoms with Crippen LogP contribution in [0.3, 0.4) is 0 Å². The highest BCUT2D eigenvalue weighted by atomic mass is 32.2. The van der Waals surface area contributed by atoms with Crippen LogP contribution in [0.15, 0.2) is 23.1 Å². The number of hydrogen-bond donors (Lipinski definition) is 2. The van der Waals surface area contributed by atoms with Crippen LogP contribution in [0.2, 0.25) is 0 Å². The number of sulfone groups is 1. The quantitative estimate of drug-likeness (QED) is 0.774. The first kappa shape index (κ1) is 14.4. The minimum atomic E-state index is -3.92. The van der Waals surface area contributed by atoms with Crippen molar-refractivity contribution in [2.24, 2.45) is 0 Å². The SMILES string of the molecule is CCCNC(=O)CS(=O)(=O)c1cc(F)ccc1N. The lowest BCUT2D eigenvalue weighted by Crippen LogP contribution is -2.31. The largest absolute Gasteiger partial charge is 0.398 e. The molecule has 0 saturated carbocycles. The predicted molar refractivity (Wildman–Crippen MR) is 66.2 cm³/mol. The van der Waals surface area contributed by atoms with Gasteiger partial charge in [-0.2, -0.15) is 0 Å². The molecule has 1 aromatic carbocycles. The summed E-state index contributed by atoms with van der Waals surface area (Å²) in [6.07, 6.45) is 0.702. The summed E-state index contributed by atoms with van der Waals surface area (Å²) in [5.74, 6) is -2.07. The second-order valence-corrected chi connectivity index (χ2v) is 5.75. The summed E-state index contributed by atoms with van der Waals surface area (Å²) in [4.78, 5) is 11.0. The first-order valence-corrected chi connectivity index (χ1v) is 7.06. The van der Waals surface area contributed by atoms with Gasteiger partial charge in [0.25, 0.3) is 0 Å². The number of nitrogens with one attached hydrogen (secondary N) is 1. The highest BCUT2D eigenvalue weighted by Crippen LogP contribution is 2.20. The minimum Gasteiger partial charge on any atom is -0.398 e. The average molecular weight is 274 g/mol. The van der Waals surface area contributed by atoms with Crippen molar-refractivity contribution in [3.8, 4) is 0 Å². The summed E-state index contributed by atoms with van der Waals surface area (Å²) in [6.45, 7) is 2.24. The average Bonchev–Trinajstić information content (AvgIpc) is 2.29. The van der Waals surface area contributed by atoms with Crippen molar-refractivity contribution in [1.82, 2.24) is 5.32 Å². The van der Waals surface area contributed by atoms with Crippen LogP contribution in [0, 0.1) is 5.82 Å². The van der Waals surface area contributed by atoms with Crippen molar-refractivity contribution >= 4 is 21.4 Å². The van der Waals surface area contributed by atoms with E-state index in [1.54, 1.807) is 0 Å². The summed E-state index contributed by atoms with van der Waals surface area (Å²) < 4.78 is 36.7. The number of nitrogen functional groups attached to an aromatic ring is 1. The molecule has 1 aromatic rings. The molecule has 3 N–H and O–H groups in total. The van der Waals surface area contributed by atoms with Gasteiger partial charge in [-0.25, -0.2) is 12.8 Å². The van der Waals surface area contributed by atoms with Gasteiger partial charge in [0.05, 0.1) is 10.6 Å². The smallest absolute Gasteiger partial charge is 0.235 e. The van der Waals surface area contributed by atoms with E-state index >= 15 is 0 Å². The van der Waals surface area contributed by atoms with E-state index in [9.17, 15) is 17.6 Å². The van der Waals surface area contributed by atoms with E-state index in [1.165, 1.54) is 0 Å². The zero-order valence-corrected chi connectivity index (χ0v) is 10.8. The third-order valence-corrected chi connectivity index (χ3v) is 3.87. The summed E-state index contributed by atoms with van der Waals surface area (Å²) in [6, 6.07) is 3.04. The Bertz CT molecular complexity index is 543. The van der Waals surface area contributed by atoms with Gasteiger partial charge < -0.3 is 11.1 Å². The molecule has 1 amide bonds. The lowest BCUT2D eigenvalue weighted by Gasteiger charge is -2.08. The third-order valence-electron chi connectivity index (χ3n) is 2.20. The molecular weight excluding hydrogens is 259 g/mol. The Labute approximate surface area is 105 Å². The molecule has 0 heterocycles. The van der Waals surface area contributed by atoms with Gasteiger partial charge in [0.2, 0.25) is 5.91 Å². The summed E-state index contributed by atoms with van der Waals surface area (Å²) in [5.41, 5.74) is 5.40. The Balaban J connectivity index is 2.93. The van der Waals surface area contributed by atoms with E-state index in [1.807, 2.05) is 6.92 Å². The number of carbonyl (C=O) groups is 1. The Morgan fingerprint density at radius 3 is 2.72 bits per heavy atom. The maximum atomic E-state index is 13.0. The van der Waals surface area contributed by atoms with Gasteiger partial charge in [-0.15, -0.1) is 0 Å². The van der Waals surface area contributed by atoms with Crippen molar-refractivity contribution in [2.45, 2.75) is 18.2 Å². The molecule has 0 aliphatic carbocycles.